The van der Waals surface area contributed by atoms with E-state index < -0.39 is 0 Å². The largest absolute Gasteiger partial charge is 0.385 e. The molecule has 0 fully saturated rings. The Bertz CT molecular complexity index is 1150. The van der Waals surface area contributed by atoms with Gasteiger partial charge in [0.15, 0.2) is 0 Å². The number of anilines is 1. The van der Waals surface area contributed by atoms with Gasteiger partial charge in [0, 0.05) is 59.8 Å². The minimum atomic E-state index is -0.0526. The van der Waals surface area contributed by atoms with Gasteiger partial charge in [-0.05, 0) is 42.8 Å². The fraction of sp³-hybridized carbons (Fsp3) is 0.200. The van der Waals surface area contributed by atoms with Gasteiger partial charge in [-0.3, -0.25) is 9.36 Å². The van der Waals surface area contributed by atoms with Crippen molar-refractivity contribution in [3.05, 3.63) is 64.2 Å². The highest BCUT2D eigenvalue weighted by atomic mass is 35.5. The Morgan fingerprint density at radius 3 is 2.81 bits per heavy atom. The van der Waals surface area contributed by atoms with Gasteiger partial charge in [0.25, 0.3) is 5.56 Å². The molecule has 0 aliphatic rings. The maximum Gasteiger partial charge on any atom is 0.273 e. The molecule has 0 aliphatic carbocycles. The third kappa shape index (κ3) is 3.43. The van der Waals surface area contributed by atoms with E-state index in [2.05, 4.69) is 10.3 Å². The molecule has 1 aromatic carbocycles. The van der Waals surface area contributed by atoms with E-state index in [4.69, 9.17) is 16.3 Å². The molecule has 0 atom stereocenters. The second-order valence-corrected chi connectivity index (χ2v) is 7.56. The number of fused-ring (bicyclic) bond motifs is 3. The van der Waals surface area contributed by atoms with Crippen molar-refractivity contribution in [3.8, 4) is 5.69 Å². The summed E-state index contributed by atoms with van der Waals surface area (Å²) in [6, 6.07) is 11.2. The lowest BCUT2D eigenvalue weighted by atomic mass is 10.2. The van der Waals surface area contributed by atoms with E-state index in [1.807, 2.05) is 30.5 Å². The molecule has 3 aromatic heterocycles. The van der Waals surface area contributed by atoms with Crippen LogP contribution in [0, 0.1) is 0 Å². The van der Waals surface area contributed by atoms with Gasteiger partial charge < -0.3 is 10.1 Å². The number of rotatable bonds is 6. The molecule has 7 heteroatoms. The second kappa shape index (κ2) is 7.68. The quantitative estimate of drug-likeness (QED) is 0.477. The first kappa shape index (κ1) is 18.0. The number of hydrogen-bond acceptors (Lipinski definition) is 5. The van der Waals surface area contributed by atoms with E-state index in [0.29, 0.717) is 16.3 Å². The van der Waals surface area contributed by atoms with Crippen molar-refractivity contribution in [3.63, 3.8) is 0 Å². The number of hydrogen-bond donors (Lipinski definition) is 1. The van der Waals surface area contributed by atoms with Crippen LogP contribution in [0.5, 0.6) is 0 Å². The van der Waals surface area contributed by atoms with Gasteiger partial charge in [-0.2, -0.15) is 0 Å². The number of nitrogens with zero attached hydrogens (tertiary/aromatic N) is 2. The van der Waals surface area contributed by atoms with Gasteiger partial charge in [-0.25, -0.2) is 4.98 Å². The maximum absolute atomic E-state index is 13.1. The number of methoxy groups -OCH3 is 1. The van der Waals surface area contributed by atoms with E-state index in [-0.39, 0.29) is 5.56 Å². The number of pyridine rings is 2. The first-order chi connectivity index (χ1) is 13.2. The molecule has 5 nitrogen and oxygen atoms in total. The molecule has 0 spiro atoms. The number of benzene rings is 1. The van der Waals surface area contributed by atoms with E-state index >= 15 is 0 Å². The Labute approximate surface area is 165 Å². The molecule has 0 unspecified atom stereocenters. The number of nitrogens with one attached hydrogen (secondary N) is 1. The minimum absolute atomic E-state index is 0.0526. The zero-order valence-corrected chi connectivity index (χ0v) is 16.3. The van der Waals surface area contributed by atoms with Crippen LogP contribution in [0.4, 0.5) is 5.69 Å². The first-order valence-corrected chi connectivity index (χ1v) is 9.80. The van der Waals surface area contributed by atoms with Crippen molar-refractivity contribution in [2.45, 2.75) is 6.42 Å². The third-order valence-corrected chi connectivity index (χ3v) is 5.73. The van der Waals surface area contributed by atoms with Crippen LogP contribution in [0.1, 0.15) is 6.42 Å². The van der Waals surface area contributed by atoms with Gasteiger partial charge in [-0.1, -0.05) is 11.6 Å². The summed E-state index contributed by atoms with van der Waals surface area (Å²) >= 11 is 7.38. The third-order valence-electron chi connectivity index (χ3n) is 4.38. The maximum atomic E-state index is 13.1. The van der Waals surface area contributed by atoms with Crippen molar-refractivity contribution in [2.75, 3.05) is 25.6 Å². The summed E-state index contributed by atoms with van der Waals surface area (Å²) < 4.78 is 7.43. The SMILES string of the molecule is COCCCNc1ccnc2sc3c(=O)n(-c4ccc(Cl)cc4)ccc3c12. The van der Waals surface area contributed by atoms with Crippen LogP contribution in [-0.4, -0.2) is 29.8 Å². The summed E-state index contributed by atoms with van der Waals surface area (Å²) in [4.78, 5) is 18.4. The summed E-state index contributed by atoms with van der Waals surface area (Å²) in [5.41, 5.74) is 1.73. The summed E-state index contributed by atoms with van der Waals surface area (Å²) in [6.07, 6.45) is 4.49. The van der Waals surface area contributed by atoms with Crippen LogP contribution in [-0.2, 0) is 4.74 Å². The molecule has 4 aromatic rings. The highest BCUT2D eigenvalue weighted by Crippen LogP contribution is 2.35. The number of aromatic nitrogens is 2. The van der Waals surface area contributed by atoms with Crippen molar-refractivity contribution >= 4 is 48.9 Å². The molecular formula is C20H18ClN3O2S. The molecule has 0 amide bonds. The molecular weight excluding hydrogens is 382 g/mol. The van der Waals surface area contributed by atoms with Gasteiger partial charge >= 0.3 is 0 Å². The predicted molar refractivity (Wildman–Crippen MR) is 113 cm³/mol. The lowest BCUT2D eigenvalue weighted by Gasteiger charge is -2.08. The topological polar surface area (TPSA) is 56.1 Å². The van der Waals surface area contributed by atoms with Crippen molar-refractivity contribution < 1.29 is 4.74 Å². The zero-order chi connectivity index (χ0) is 18.8. The van der Waals surface area contributed by atoms with E-state index in [9.17, 15) is 4.79 Å². The van der Waals surface area contributed by atoms with Gasteiger partial charge in [-0.15, -0.1) is 11.3 Å². The van der Waals surface area contributed by atoms with Crippen molar-refractivity contribution in [1.29, 1.82) is 0 Å². The Kier molecular flexibility index (Phi) is 5.11. The number of ether oxygens (including phenoxy) is 1. The smallest absolute Gasteiger partial charge is 0.273 e. The molecule has 0 saturated carbocycles. The molecule has 0 radical (unpaired) electrons. The van der Waals surface area contributed by atoms with E-state index in [1.165, 1.54) is 11.3 Å². The summed E-state index contributed by atoms with van der Waals surface area (Å²) in [7, 11) is 1.70. The first-order valence-electron chi connectivity index (χ1n) is 8.60. The van der Waals surface area contributed by atoms with Gasteiger partial charge in [0.1, 0.15) is 9.53 Å². The van der Waals surface area contributed by atoms with Crippen molar-refractivity contribution in [1.82, 2.24) is 9.55 Å². The summed E-state index contributed by atoms with van der Waals surface area (Å²) in [6.45, 7) is 1.50. The average molecular weight is 400 g/mol. The molecule has 0 aliphatic heterocycles. The lowest BCUT2D eigenvalue weighted by Crippen LogP contribution is -2.16. The Balaban J connectivity index is 1.81. The lowest BCUT2D eigenvalue weighted by molar-refractivity contribution is 0.198. The van der Waals surface area contributed by atoms with E-state index in [0.717, 1.165) is 39.9 Å². The van der Waals surface area contributed by atoms with Gasteiger partial charge in [0.2, 0.25) is 0 Å². The zero-order valence-electron chi connectivity index (χ0n) is 14.7. The highest BCUT2D eigenvalue weighted by Gasteiger charge is 2.14. The number of halogens is 1. The monoisotopic (exact) mass is 399 g/mol. The Hall–Kier alpha value is -2.41. The van der Waals surface area contributed by atoms with Gasteiger partial charge in [0.05, 0.1) is 0 Å². The van der Waals surface area contributed by atoms with Crippen molar-refractivity contribution in [2.24, 2.45) is 0 Å². The summed E-state index contributed by atoms with van der Waals surface area (Å²) in [5.74, 6) is 0. The molecule has 0 bridgehead atoms. The molecule has 27 heavy (non-hydrogen) atoms. The summed E-state index contributed by atoms with van der Waals surface area (Å²) in [5, 5.41) is 6.00. The van der Waals surface area contributed by atoms with Crippen LogP contribution < -0.4 is 10.9 Å². The fourth-order valence-electron chi connectivity index (χ4n) is 3.08. The molecule has 3 heterocycles. The van der Waals surface area contributed by atoms with E-state index in [1.54, 1.807) is 30.0 Å². The van der Waals surface area contributed by atoms with Crippen LogP contribution in [0.2, 0.25) is 5.02 Å². The average Bonchev–Trinajstić information content (AvgIpc) is 3.07. The predicted octanol–water partition coefficient (Wildman–Crippen LogP) is 4.70. The van der Waals surface area contributed by atoms with Crippen LogP contribution >= 0.6 is 22.9 Å². The molecule has 1 N–H and O–H groups in total. The van der Waals surface area contributed by atoms with Crippen LogP contribution in [0.15, 0.2) is 53.6 Å². The fourth-order valence-corrected chi connectivity index (χ4v) is 4.30. The second-order valence-electron chi connectivity index (χ2n) is 6.12. The standard InChI is InChI=1S/C20H18ClN3O2S/c1-26-12-2-9-22-16-7-10-23-19-17(16)15-8-11-24(20(25)18(15)27-19)14-5-3-13(21)4-6-14/h3-8,10-11H,2,9,12H2,1H3,(H,22,23). The van der Waals surface area contributed by atoms with Crippen LogP contribution in [0.3, 0.4) is 0 Å². The molecule has 4 rings (SSSR count). The normalized spacial score (nSPS) is 11.3. The minimum Gasteiger partial charge on any atom is -0.385 e. The highest BCUT2D eigenvalue weighted by molar-refractivity contribution is 7.25. The molecule has 138 valence electrons. The van der Waals surface area contributed by atoms with Crippen LogP contribution in [0.25, 0.3) is 26.0 Å². The molecule has 0 saturated heterocycles. The number of thiophene rings is 1. The Morgan fingerprint density at radius 2 is 2.04 bits per heavy atom. The Morgan fingerprint density at radius 1 is 1.22 bits per heavy atom.